The largest absolute Gasteiger partial charge is 0.456 e. The molecule has 0 radical (unpaired) electrons. The van der Waals surface area contributed by atoms with Gasteiger partial charge >= 0.3 is 0 Å². The number of benzene rings is 12. The molecule has 12 heterocycles. The summed E-state index contributed by atoms with van der Waals surface area (Å²) in [5, 5.41) is 14.7. The van der Waals surface area contributed by atoms with Crippen LogP contribution in [0.5, 0.6) is 0 Å². The number of rotatable bonds is 5. The SMILES string of the molecule is Cc1ccc(-c2c(C)ccc3c2oc2ccc4oc5ccccc5c4c23)[n+](C)c1.Cc1ccc2c(oc3ccc4oc5ccccc5c4c32)c1-c1cccc[n+]1C.[2H]C([2H])([2H])c1c[n+](C)c(-c2c(C)cc(C([2H])([2H])[2H])c3c2oc2cc4c(cc23)oc2ccccc24)cc1C.[2H]C([2H])([2H])c1c[n+](C)c(-c2c(C)cc(C([2H])([2H])[2H])c3c2oc2cc4c(cc23)oc2ccccc24)cc1C([2H])([2H])C(C)(C)C. The van der Waals surface area contributed by atoms with E-state index in [1.807, 2.05) is 140 Å². The summed E-state index contributed by atoms with van der Waals surface area (Å²) in [5.74, 6) is 0. The van der Waals surface area contributed by atoms with Gasteiger partial charge in [-0.1, -0.05) is 130 Å². The lowest BCUT2D eigenvalue weighted by Gasteiger charge is -2.19. The van der Waals surface area contributed by atoms with Crippen LogP contribution in [0.15, 0.2) is 285 Å². The highest BCUT2D eigenvalue weighted by molar-refractivity contribution is 6.29. The summed E-state index contributed by atoms with van der Waals surface area (Å²) in [7, 11) is 7.64. The number of fused-ring (bicyclic) bond motifs is 26. The van der Waals surface area contributed by atoms with Gasteiger partial charge in [-0.3, -0.25) is 0 Å². The first-order valence-electron chi connectivity index (χ1n) is 48.1. The fraction of sp³-hybridized carbons (Fsp3) is 0.171. The second kappa shape index (κ2) is 28.7. The van der Waals surface area contributed by atoms with Gasteiger partial charge in [0, 0.05) is 152 Å². The third-order valence-electron chi connectivity index (χ3n) is 24.2. The number of hydrogen-bond acceptors (Lipinski definition) is 8. The number of nitrogens with zero attached hydrogens (tertiary/aromatic N) is 4. The highest BCUT2D eigenvalue weighted by Crippen LogP contribution is 2.49. The molecule has 0 saturated heterocycles. The van der Waals surface area contributed by atoms with E-state index >= 15 is 0 Å². The Morgan fingerprint density at radius 1 is 0.260 bits per heavy atom. The molecule has 12 nitrogen and oxygen atoms in total. The van der Waals surface area contributed by atoms with Gasteiger partial charge in [0.25, 0.3) is 0 Å². The van der Waals surface area contributed by atoms with Crippen molar-refractivity contribution in [2.24, 2.45) is 33.6 Å². The zero-order chi connectivity index (χ0) is 96.4. The smallest absolute Gasteiger partial charge is 0.216 e. The minimum absolute atomic E-state index is 0.0562. The maximum Gasteiger partial charge on any atom is 0.216 e. The van der Waals surface area contributed by atoms with Gasteiger partial charge in [-0.05, 0) is 210 Å². The molecule has 24 aromatic rings. The van der Waals surface area contributed by atoms with Crippen molar-refractivity contribution in [1.29, 1.82) is 0 Å². The quantitative estimate of drug-likeness (QED) is 0.156. The molecule has 0 fully saturated rings. The summed E-state index contributed by atoms with van der Waals surface area (Å²) in [6, 6.07) is 73.3. The van der Waals surface area contributed by atoms with Crippen molar-refractivity contribution in [3.8, 4) is 45.0 Å². The summed E-state index contributed by atoms with van der Waals surface area (Å²) in [4.78, 5) is 0. The van der Waals surface area contributed by atoms with Crippen LogP contribution in [0.2, 0.25) is 0 Å². The number of hydrogen-bond donors (Lipinski definition) is 0. The fourth-order valence-corrected chi connectivity index (χ4v) is 18.5. The fourth-order valence-electron chi connectivity index (χ4n) is 18.5. The Morgan fingerprint density at radius 2 is 0.642 bits per heavy atom. The van der Waals surface area contributed by atoms with E-state index in [1.54, 1.807) is 82.2 Å². The van der Waals surface area contributed by atoms with E-state index in [2.05, 4.69) is 129 Å². The summed E-state index contributed by atoms with van der Waals surface area (Å²) in [5.41, 5.74) is 24.1. The normalized spacial score (nSPS) is 14.3. The Balaban J connectivity index is 0.000000110. The first-order chi connectivity index (χ1) is 65.0. The Bertz CT molecular complexity index is 9210. The van der Waals surface area contributed by atoms with E-state index in [-0.39, 0.29) is 27.8 Å². The van der Waals surface area contributed by atoms with Crippen molar-refractivity contribution in [1.82, 2.24) is 0 Å². The molecule has 12 heteroatoms. The van der Waals surface area contributed by atoms with E-state index in [0.717, 1.165) is 154 Å². The van der Waals surface area contributed by atoms with Gasteiger partial charge in [-0.15, -0.1) is 0 Å². The molecule has 0 atom stereocenters. The molecule has 0 spiro atoms. The van der Waals surface area contributed by atoms with Crippen LogP contribution in [-0.2, 0) is 34.6 Å². The molecule has 12 aromatic heterocycles. The monoisotopic (exact) mass is 1620 g/mol. The van der Waals surface area contributed by atoms with Crippen LogP contribution in [0.1, 0.15) is 101 Å². The summed E-state index contributed by atoms with van der Waals surface area (Å²) >= 11 is 0. The molecule has 0 saturated carbocycles. The molecular weight excluding hydrogens is 1520 g/mol. The first kappa shape index (κ1) is 61.9. The number of para-hydroxylation sites is 4. The van der Waals surface area contributed by atoms with Crippen molar-refractivity contribution >= 4 is 176 Å². The van der Waals surface area contributed by atoms with Gasteiger partial charge in [0.15, 0.2) is 24.8 Å². The number of furan rings is 8. The van der Waals surface area contributed by atoms with E-state index < -0.39 is 39.2 Å². The van der Waals surface area contributed by atoms with Crippen molar-refractivity contribution in [3.05, 3.63) is 310 Å². The zero-order valence-electron chi connectivity index (χ0n) is 84.2. The average Bonchev–Trinajstić information content (AvgIpc) is 1.73. The standard InChI is InChI=1S/C32H32NO2.C28H24NO2.C26H20NO2.C25H18NO2/c1-18-12-19(2)30(25-13-21(16-32(4,5)6)20(3)17-33(25)7)31-29(18)24-15-27-23(14-28(24)35-31)22-10-8-9-11-26(22)34-27;1-15-11-22(29(5)14-18(15)4)27-17(3)10-16(2)26-21-13-24-20(12-25(21)31-28(26)27)19-8-6-7-9-23(19)30-24;1-15-8-11-19(27(3)14-15)23-16(2)9-10-18-25-22(29-26(18)23)13-12-21-24(25)17-6-4-5-7-20(17)28-21;1-15-10-11-17-24-21(28-25(17)22(15)18-8-5-6-14-26(18)2)13-12-20-23(24)16-7-3-4-9-19(16)27-20/h8-15,17H,16H2,1-7H3;6-14H,1-5H3;4-14H,1-3H3;3-14H,1-2H3/q4*+1/i1D3,3D3,16D2;2D3,4D3;;. The second-order valence-electron chi connectivity index (χ2n) is 33.8. The summed E-state index contributed by atoms with van der Waals surface area (Å²) in [6.45, 7) is 7.36. The van der Waals surface area contributed by atoms with Gasteiger partial charge in [-0.2, -0.15) is 0 Å². The van der Waals surface area contributed by atoms with Crippen molar-refractivity contribution in [2.75, 3.05) is 0 Å². The summed E-state index contributed by atoms with van der Waals surface area (Å²) < 4.78 is 174. The highest BCUT2D eigenvalue weighted by atomic mass is 16.4. The van der Waals surface area contributed by atoms with E-state index in [1.165, 1.54) is 22.9 Å². The maximum atomic E-state index is 9.02. The Morgan fingerprint density at radius 3 is 1.11 bits per heavy atom. The van der Waals surface area contributed by atoms with Crippen LogP contribution in [0.3, 0.4) is 0 Å². The topological polar surface area (TPSA) is 121 Å². The molecule has 0 aliphatic rings. The molecule has 0 amide bonds. The molecule has 0 aliphatic carbocycles. The lowest BCUT2D eigenvalue weighted by atomic mass is 9.86. The molecule has 602 valence electrons. The zero-order valence-corrected chi connectivity index (χ0v) is 70.2. The predicted molar refractivity (Wildman–Crippen MR) is 501 cm³/mol. The third kappa shape index (κ3) is 12.4. The Kier molecular flexibility index (Phi) is 14.4. The van der Waals surface area contributed by atoms with Crippen LogP contribution >= 0.6 is 0 Å². The first-order valence-corrected chi connectivity index (χ1v) is 41.1. The molecule has 0 aliphatic heterocycles. The van der Waals surface area contributed by atoms with Gasteiger partial charge in [0.05, 0.1) is 22.3 Å². The van der Waals surface area contributed by atoms with Crippen LogP contribution < -0.4 is 18.3 Å². The predicted octanol–water partition coefficient (Wildman–Crippen LogP) is 28.6. The lowest BCUT2D eigenvalue weighted by Crippen LogP contribution is -2.32. The molecule has 24 rings (SSSR count). The van der Waals surface area contributed by atoms with Crippen molar-refractivity contribution in [3.63, 3.8) is 0 Å². The molecular formula is C111H94N4O8+4. The minimum Gasteiger partial charge on any atom is -0.456 e. The Hall–Kier alpha value is -14.4. The van der Waals surface area contributed by atoms with E-state index in [4.69, 9.17) is 54.5 Å². The maximum absolute atomic E-state index is 9.02. The average molecular weight is 1630 g/mol. The molecule has 0 unspecified atom stereocenters. The van der Waals surface area contributed by atoms with Crippen molar-refractivity contribution in [2.45, 2.75) is 96.1 Å². The van der Waals surface area contributed by atoms with Gasteiger partial charge in [0.2, 0.25) is 22.8 Å². The van der Waals surface area contributed by atoms with E-state index in [0.29, 0.717) is 83.0 Å². The van der Waals surface area contributed by atoms with Crippen LogP contribution in [0.25, 0.3) is 221 Å². The van der Waals surface area contributed by atoms with Crippen molar-refractivity contribution < 1.29 is 72.8 Å². The molecule has 0 bridgehead atoms. The van der Waals surface area contributed by atoms with Crippen LogP contribution in [0, 0.1) is 74.4 Å². The number of aromatic nitrogens is 4. The van der Waals surface area contributed by atoms with Gasteiger partial charge < -0.3 is 35.3 Å². The highest BCUT2D eigenvalue weighted by Gasteiger charge is 2.31. The summed E-state index contributed by atoms with van der Waals surface area (Å²) in [6.07, 6.45) is 5.27. The molecule has 123 heavy (non-hydrogen) atoms. The Labute approximate surface area is 729 Å². The van der Waals surface area contributed by atoms with E-state index in [9.17, 15) is 0 Å². The number of pyridine rings is 4. The minimum atomic E-state index is -2.56. The molecule has 0 N–H and O–H groups in total. The number of aryl methyl sites for hydroxylation is 14. The molecule has 12 aromatic carbocycles. The van der Waals surface area contributed by atoms with Gasteiger partial charge in [-0.25, -0.2) is 18.3 Å². The second-order valence-corrected chi connectivity index (χ2v) is 33.8. The van der Waals surface area contributed by atoms with Crippen LogP contribution in [-0.4, -0.2) is 0 Å². The van der Waals surface area contributed by atoms with Crippen LogP contribution in [0.4, 0.5) is 0 Å². The van der Waals surface area contributed by atoms with Gasteiger partial charge in [0.1, 0.15) is 118 Å². The third-order valence-corrected chi connectivity index (χ3v) is 24.2. The lowest BCUT2D eigenvalue weighted by molar-refractivity contribution is -0.660.